The molecule has 2 rings (SSSR count). The fraction of sp³-hybridized carbons (Fsp3) is 0.500. The molecule has 0 radical (unpaired) electrons. The number of aromatic nitrogens is 3. The molecule has 0 unspecified atom stereocenters. The van der Waals surface area contributed by atoms with Crippen molar-refractivity contribution in [1.29, 1.82) is 0 Å². The van der Waals surface area contributed by atoms with Crippen molar-refractivity contribution in [3.63, 3.8) is 0 Å². The smallest absolute Gasteiger partial charge is 0.191 e. The number of benzene rings is 1. The standard InChI is InChI=1S/C18H25N3O3S/c1-6-21-16(18(2,3)4)19-20-17(21)25-10-9-24-14-8-7-13(12-22)11-15(14)23-5/h7-8,11-12H,6,9-10H2,1-5H3. The summed E-state index contributed by atoms with van der Waals surface area (Å²) >= 11 is 1.62. The molecule has 1 heterocycles. The highest BCUT2D eigenvalue weighted by atomic mass is 32.2. The van der Waals surface area contributed by atoms with Crippen molar-refractivity contribution in [3.05, 3.63) is 29.6 Å². The number of nitrogens with zero attached hydrogens (tertiary/aromatic N) is 3. The number of aldehydes is 1. The summed E-state index contributed by atoms with van der Waals surface area (Å²) in [5, 5.41) is 9.55. The Bertz CT molecular complexity index is 723. The van der Waals surface area contributed by atoms with E-state index in [1.807, 2.05) is 0 Å². The zero-order valence-electron chi connectivity index (χ0n) is 15.4. The lowest BCUT2D eigenvalue weighted by atomic mass is 9.96. The average molecular weight is 363 g/mol. The molecule has 0 bridgehead atoms. The molecule has 1 aromatic carbocycles. The quantitative estimate of drug-likeness (QED) is 0.406. The van der Waals surface area contributed by atoms with E-state index < -0.39 is 0 Å². The average Bonchev–Trinajstić information content (AvgIpc) is 3.01. The molecule has 0 fully saturated rings. The summed E-state index contributed by atoms with van der Waals surface area (Å²) in [4.78, 5) is 10.8. The molecule has 0 N–H and O–H groups in total. The van der Waals surface area contributed by atoms with Crippen LogP contribution in [0.3, 0.4) is 0 Å². The van der Waals surface area contributed by atoms with Crippen LogP contribution in [-0.2, 0) is 12.0 Å². The highest BCUT2D eigenvalue weighted by Gasteiger charge is 2.23. The summed E-state index contributed by atoms with van der Waals surface area (Å²) in [6.07, 6.45) is 0.784. The molecule has 0 aliphatic carbocycles. The maximum Gasteiger partial charge on any atom is 0.191 e. The van der Waals surface area contributed by atoms with E-state index in [1.165, 1.54) is 0 Å². The van der Waals surface area contributed by atoms with Crippen LogP contribution in [0.1, 0.15) is 43.9 Å². The predicted octanol–water partition coefficient (Wildman–Crippen LogP) is 3.59. The molecule has 1 aromatic heterocycles. The van der Waals surface area contributed by atoms with Crippen LogP contribution in [0, 0.1) is 0 Å². The first-order valence-electron chi connectivity index (χ1n) is 8.23. The van der Waals surface area contributed by atoms with Gasteiger partial charge in [0, 0.05) is 23.3 Å². The van der Waals surface area contributed by atoms with Gasteiger partial charge in [-0.1, -0.05) is 32.5 Å². The maximum atomic E-state index is 10.8. The molecule has 0 saturated carbocycles. The van der Waals surface area contributed by atoms with Gasteiger partial charge in [0.05, 0.1) is 13.7 Å². The van der Waals surface area contributed by atoms with Crippen molar-refractivity contribution in [2.24, 2.45) is 0 Å². The number of carbonyl (C=O) groups is 1. The molecule has 0 aliphatic heterocycles. The molecule has 0 spiro atoms. The summed E-state index contributed by atoms with van der Waals surface area (Å²) in [5.41, 5.74) is 0.524. The number of ether oxygens (including phenoxy) is 2. The van der Waals surface area contributed by atoms with Gasteiger partial charge in [0.1, 0.15) is 12.1 Å². The second-order valence-electron chi connectivity index (χ2n) is 6.53. The lowest BCUT2D eigenvalue weighted by molar-refractivity contribution is 0.112. The van der Waals surface area contributed by atoms with E-state index in [1.54, 1.807) is 37.1 Å². The first-order valence-corrected chi connectivity index (χ1v) is 9.21. The Morgan fingerprint density at radius 3 is 2.60 bits per heavy atom. The topological polar surface area (TPSA) is 66.2 Å². The van der Waals surface area contributed by atoms with Gasteiger partial charge < -0.3 is 14.0 Å². The lowest BCUT2D eigenvalue weighted by Crippen LogP contribution is -2.19. The fourth-order valence-electron chi connectivity index (χ4n) is 2.40. The summed E-state index contributed by atoms with van der Waals surface area (Å²) in [7, 11) is 1.56. The van der Waals surface area contributed by atoms with Crippen LogP contribution in [0.15, 0.2) is 23.4 Å². The Kier molecular flexibility index (Phi) is 6.47. The number of hydrogen-bond donors (Lipinski definition) is 0. The van der Waals surface area contributed by atoms with E-state index in [0.29, 0.717) is 23.7 Å². The summed E-state index contributed by atoms with van der Waals surface area (Å²) in [5.74, 6) is 2.91. The zero-order valence-corrected chi connectivity index (χ0v) is 16.2. The maximum absolute atomic E-state index is 10.8. The number of thioether (sulfide) groups is 1. The largest absolute Gasteiger partial charge is 0.493 e. The van der Waals surface area contributed by atoms with Crippen molar-refractivity contribution in [2.45, 2.75) is 44.8 Å². The fourth-order valence-corrected chi connectivity index (χ4v) is 3.22. The molecule has 0 atom stereocenters. The van der Waals surface area contributed by atoms with Gasteiger partial charge in [-0.25, -0.2) is 0 Å². The molecule has 0 aliphatic rings. The van der Waals surface area contributed by atoms with Gasteiger partial charge in [0.2, 0.25) is 0 Å². The van der Waals surface area contributed by atoms with Crippen LogP contribution in [0.5, 0.6) is 11.5 Å². The molecule has 0 amide bonds. The minimum absolute atomic E-state index is 0.0357. The van der Waals surface area contributed by atoms with Crippen molar-refractivity contribution in [3.8, 4) is 11.5 Å². The minimum Gasteiger partial charge on any atom is -0.493 e. The Balaban J connectivity index is 1.96. The van der Waals surface area contributed by atoms with E-state index in [9.17, 15) is 4.79 Å². The molecule has 25 heavy (non-hydrogen) atoms. The lowest BCUT2D eigenvalue weighted by Gasteiger charge is -2.18. The second kappa shape index (κ2) is 8.38. The van der Waals surface area contributed by atoms with Crippen molar-refractivity contribution in [1.82, 2.24) is 14.8 Å². The minimum atomic E-state index is -0.0357. The summed E-state index contributed by atoms with van der Waals surface area (Å²) in [6, 6.07) is 5.12. The monoisotopic (exact) mass is 363 g/mol. The Hall–Kier alpha value is -2.02. The van der Waals surface area contributed by atoms with Gasteiger partial charge >= 0.3 is 0 Å². The molecule has 0 saturated heterocycles. The van der Waals surface area contributed by atoms with Crippen LogP contribution >= 0.6 is 11.8 Å². The Labute approximate surface area is 152 Å². The van der Waals surface area contributed by atoms with Crippen molar-refractivity contribution < 1.29 is 14.3 Å². The third-order valence-electron chi connectivity index (χ3n) is 3.60. The number of hydrogen-bond acceptors (Lipinski definition) is 6. The number of rotatable bonds is 8. The molecule has 6 nitrogen and oxygen atoms in total. The van der Waals surface area contributed by atoms with Crippen LogP contribution < -0.4 is 9.47 Å². The van der Waals surface area contributed by atoms with E-state index in [4.69, 9.17) is 9.47 Å². The highest BCUT2D eigenvalue weighted by Crippen LogP contribution is 2.28. The van der Waals surface area contributed by atoms with Gasteiger partial charge in [-0.3, -0.25) is 4.79 Å². The van der Waals surface area contributed by atoms with E-state index in [-0.39, 0.29) is 5.41 Å². The molecule has 136 valence electrons. The molecular formula is C18H25N3O3S. The van der Waals surface area contributed by atoms with E-state index >= 15 is 0 Å². The highest BCUT2D eigenvalue weighted by molar-refractivity contribution is 7.99. The van der Waals surface area contributed by atoms with Crippen molar-refractivity contribution >= 4 is 18.0 Å². The van der Waals surface area contributed by atoms with Crippen molar-refractivity contribution in [2.75, 3.05) is 19.5 Å². The number of carbonyl (C=O) groups excluding carboxylic acids is 1. The van der Waals surface area contributed by atoms with Gasteiger partial charge in [-0.15, -0.1) is 10.2 Å². The van der Waals surface area contributed by atoms with E-state index in [2.05, 4.69) is 42.5 Å². The van der Waals surface area contributed by atoms with Crippen LogP contribution in [0.2, 0.25) is 0 Å². The van der Waals surface area contributed by atoms with Crippen LogP contribution in [0.25, 0.3) is 0 Å². The first-order chi connectivity index (χ1) is 11.9. The summed E-state index contributed by atoms with van der Waals surface area (Å²) in [6.45, 7) is 9.84. The van der Waals surface area contributed by atoms with E-state index in [0.717, 1.165) is 29.6 Å². The predicted molar refractivity (Wildman–Crippen MR) is 99.0 cm³/mol. The molecule has 7 heteroatoms. The van der Waals surface area contributed by atoms with Crippen LogP contribution in [0.4, 0.5) is 0 Å². The van der Waals surface area contributed by atoms with Gasteiger partial charge in [0.15, 0.2) is 16.7 Å². The summed E-state index contributed by atoms with van der Waals surface area (Å²) < 4.78 is 13.2. The van der Waals surface area contributed by atoms with Gasteiger partial charge in [-0.2, -0.15) is 0 Å². The molecular weight excluding hydrogens is 338 g/mol. The van der Waals surface area contributed by atoms with Crippen LogP contribution in [-0.4, -0.2) is 40.5 Å². The number of methoxy groups -OCH3 is 1. The third-order valence-corrected chi connectivity index (χ3v) is 4.53. The van der Waals surface area contributed by atoms with Gasteiger partial charge in [-0.05, 0) is 25.1 Å². The SMILES string of the molecule is CCn1c(SCCOc2ccc(C=O)cc2OC)nnc1C(C)(C)C. The second-order valence-corrected chi connectivity index (χ2v) is 7.59. The third kappa shape index (κ3) is 4.75. The van der Waals surface area contributed by atoms with Gasteiger partial charge in [0.25, 0.3) is 0 Å². The molecule has 2 aromatic rings. The normalized spacial score (nSPS) is 11.4. The Morgan fingerprint density at radius 1 is 1.24 bits per heavy atom. The Morgan fingerprint density at radius 2 is 2.00 bits per heavy atom. The zero-order chi connectivity index (χ0) is 18.4. The first kappa shape index (κ1) is 19.3.